The summed E-state index contributed by atoms with van der Waals surface area (Å²) in [6, 6.07) is 3.77. The van der Waals surface area contributed by atoms with Gasteiger partial charge in [-0.1, -0.05) is 23.2 Å². The predicted octanol–water partition coefficient (Wildman–Crippen LogP) is 3.54. The quantitative estimate of drug-likeness (QED) is 0.689. The van der Waals surface area contributed by atoms with Crippen LogP contribution in [0, 0.1) is 0 Å². The summed E-state index contributed by atoms with van der Waals surface area (Å²) >= 11 is 13.0. The van der Waals surface area contributed by atoms with E-state index in [2.05, 4.69) is 9.67 Å². The van der Waals surface area contributed by atoms with Gasteiger partial charge in [0.1, 0.15) is 5.60 Å². The summed E-state index contributed by atoms with van der Waals surface area (Å²) < 4.78 is 3.81. The Morgan fingerprint density at radius 1 is 1.29 bits per heavy atom. The number of aliphatic hydroxyl groups is 1. The Balaban J connectivity index is 1.97. The summed E-state index contributed by atoms with van der Waals surface area (Å²) in [5, 5.41) is 16.6. The van der Waals surface area contributed by atoms with Crippen LogP contribution in [0.1, 0.15) is 25.1 Å². The molecule has 4 rings (SSSR count). The number of carbonyl (C=O) groups is 1. The molecule has 0 fully saturated rings. The van der Waals surface area contributed by atoms with Crippen molar-refractivity contribution in [2.75, 3.05) is 6.54 Å². The molecule has 1 N–H and O–H groups in total. The van der Waals surface area contributed by atoms with Gasteiger partial charge in [0.05, 0.1) is 21.3 Å². The highest BCUT2D eigenvalue weighted by Crippen LogP contribution is 2.43. The molecule has 0 saturated carbocycles. The van der Waals surface area contributed by atoms with E-state index in [1.165, 1.54) is 13.8 Å². The first-order chi connectivity index (χ1) is 13.1. The maximum Gasteiger partial charge on any atom is 0.254 e. The van der Waals surface area contributed by atoms with Crippen LogP contribution in [-0.4, -0.2) is 42.4 Å². The van der Waals surface area contributed by atoms with Gasteiger partial charge in [-0.3, -0.25) is 9.48 Å². The topological polar surface area (TPSA) is 63.3 Å². The molecule has 0 spiro atoms. The highest BCUT2D eigenvalue weighted by molar-refractivity contribution is 6.45. The Labute approximate surface area is 173 Å². The Bertz CT molecular complexity index is 1110. The van der Waals surface area contributed by atoms with Gasteiger partial charge in [-0.2, -0.15) is 5.10 Å². The number of amides is 1. The van der Waals surface area contributed by atoms with E-state index >= 15 is 0 Å². The lowest BCUT2D eigenvalue weighted by molar-refractivity contribution is -0.148. The summed E-state index contributed by atoms with van der Waals surface area (Å²) in [6.45, 7) is 3.99. The SMILES string of the molecule is Cn1ccc(-c2cc(Cl)c(Cl)c3c2c2c(n3C)CCN(C(=O)C(C)(C)O)C2)n1. The largest absolute Gasteiger partial charge is 0.381 e. The van der Waals surface area contributed by atoms with E-state index in [0.29, 0.717) is 29.6 Å². The molecule has 0 bridgehead atoms. The van der Waals surface area contributed by atoms with Crippen LogP contribution < -0.4 is 0 Å². The van der Waals surface area contributed by atoms with Crippen LogP contribution in [-0.2, 0) is 31.9 Å². The van der Waals surface area contributed by atoms with Gasteiger partial charge >= 0.3 is 0 Å². The summed E-state index contributed by atoms with van der Waals surface area (Å²) in [5.41, 5.74) is 3.27. The molecule has 6 nitrogen and oxygen atoms in total. The lowest BCUT2D eigenvalue weighted by Gasteiger charge is -2.32. The fourth-order valence-corrected chi connectivity index (χ4v) is 4.51. The van der Waals surface area contributed by atoms with E-state index in [9.17, 15) is 9.90 Å². The van der Waals surface area contributed by atoms with Crippen LogP contribution in [0.4, 0.5) is 0 Å². The van der Waals surface area contributed by atoms with Crippen LogP contribution in [0.15, 0.2) is 18.3 Å². The van der Waals surface area contributed by atoms with E-state index in [1.54, 1.807) is 9.58 Å². The molecule has 1 aliphatic rings. The van der Waals surface area contributed by atoms with Crippen LogP contribution in [0.2, 0.25) is 10.0 Å². The van der Waals surface area contributed by atoms with Gasteiger partial charge in [-0.25, -0.2) is 0 Å². The minimum atomic E-state index is -1.41. The summed E-state index contributed by atoms with van der Waals surface area (Å²) in [4.78, 5) is 14.4. The van der Waals surface area contributed by atoms with Crippen molar-refractivity contribution < 1.29 is 9.90 Å². The zero-order valence-electron chi connectivity index (χ0n) is 16.3. The van der Waals surface area contributed by atoms with Crippen LogP contribution >= 0.6 is 23.2 Å². The second-order valence-corrected chi connectivity index (χ2v) is 8.62. The van der Waals surface area contributed by atoms with Crippen LogP contribution in [0.3, 0.4) is 0 Å². The highest BCUT2D eigenvalue weighted by atomic mass is 35.5. The summed E-state index contributed by atoms with van der Waals surface area (Å²) in [7, 11) is 3.83. The van der Waals surface area contributed by atoms with Crippen molar-refractivity contribution in [1.29, 1.82) is 0 Å². The van der Waals surface area contributed by atoms with Gasteiger partial charge in [0, 0.05) is 62.0 Å². The van der Waals surface area contributed by atoms with Crippen molar-refractivity contribution in [2.24, 2.45) is 14.1 Å². The van der Waals surface area contributed by atoms with Crippen molar-refractivity contribution in [2.45, 2.75) is 32.4 Å². The molecule has 0 atom stereocenters. The van der Waals surface area contributed by atoms with Gasteiger partial charge in [-0.05, 0) is 26.0 Å². The molecule has 148 valence electrons. The number of fused-ring (bicyclic) bond motifs is 3. The zero-order chi connectivity index (χ0) is 20.4. The van der Waals surface area contributed by atoms with Crippen molar-refractivity contribution in [3.05, 3.63) is 39.6 Å². The normalized spacial score (nSPS) is 14.6. The average Bonchev–Trinajstić information content (AvgIpc) is 3.18. The van der Waals surface area contributed by atoms with Crippen LogP contribution in [0.5, 0.6) is 0 Å². The number of halogens is 2. The number of benzene rings is 1. The highest BCUT2D eigenvalue weighted by Gasteiger charge is 2.34. The zero-order valence-corrected chi connectivity index (χ0v) is 17.8. The van der Waals surface area contributed by atoms with E-state index in [4.69, 9.17) is 23.2 Å². The van der Waals surface area contributed by atoms with Gasteiger partial charge in [-0.15, -0.1) is 0 Å². The second-order valence-electron chi connectivity index (χ2n) is 7.84. The third-order valence-electron chi connectivity index (χ3n) is 5.35. The molecule has 1 amide bonds. The number of aryl methyl sites for hydroxylation is 2. The second kappa shape index (κ2) is 6.51. The lowest BCUT2D eigenvalue weighted by atomic mass is 9.97. The predicted molar refractivity (Wildman–Crippen MR) is 111 cm³/mol. The Kier molecular flexibility index (Phi) is 4.49. The smallest absolute Gasteiger partial charge is 0.254 e. The molecular weight excluding hydrogens is 399 g/mol. The third kappa shape index (κ3) is 2.91. The number of hydrogen-bond donors (Lipinski definition) is 1. The Hall–Kier alpha value is -2.02. The van der Waals surface area contributed by atoms with Crippen molar-refractivity contribution >= 4 is 40.0 Å². The number of rotatable bonds is 2. The van der Waals surface area contributed by atoms with E-state index in [0.717, 1.165) is 33.4 Å². The molecule has 2 aromatic heterocycles. The fourth-order valence-electron chi connectivity index (χ4n) is 4.04. The van der Waals surface area contributed by atoms with Crippen molar-refractivity contribution in [3.63, 3.8) is 0 Å². The maximum absolute atomic E-state index is 12.7. The molecule has 0 aliphatic carbocycles. The van der Waals surface area contributed by atoms with E-state index in [1.807, 2.05) is 32.4 Å². The minimum Gasteiger partial charge on any atom is -0.381 e. The number of hydrogen-bond acceptors (Lipinski definition) is 3. The molecule has 1 aromatic carbocycles. The first kappa shape index (κ1) is 19.3. The molecule has 0 saturated heterocycles. The number of carbonyl (C=O) groups excluding carboxylic acids is 1. The summed E-state index contributed by atoms with van der Waals surface area (Å²) in [5.74, 6) is -0.283. The molecule has 0 unspecified atom stereocenters. The minimum absolute atomic E-state index is 0.283. The molecule has 28 heavy (non-hydrogen) atoms. The Morgan fingerprint density at radius 2 is 2.00 bits per heavy atom. The molecule has 3 aromatic rings. The number of nitrogens with zero attached hydrogens (tertiary/aromatic N) is 4. The third-order valence-corrected chi connectivity index (χ3v) is 6.13. The van der Waals surface area contributed by atoms with Crippen LogP contribution in [0.25, 0.3) is 22.2 Å². The monoisotopic (exact) mass is 420 g/mol. The van der Waals surface area contributed by atoms with Gasteiger partial charge in [0.25, 0.3) is 5.91 Å². The average molecular weight is 421 g/mol. The molecule has 3 heterocycles. The first-order valence-electron chi connectivity index (χ1n) is 9.09. The maximum atomic E-state index is 12.7. The fraction of sp³-hybridized carbons (Fsp3) is 0.400. The first-order valence-corrected chi connectivity index (χ1v) is 9.85. The molecule has 8 heteroatoms. The summed E-state index contributed by atoms with van der Waals surface area (Å²) in [6.07, 6.45) is 2.56. The molecule has 0 radical (unpaired) electrons. The van der Waals surface area contributed by atoms with Crippen molar-refractivity contribution in [3.8, 4) is 11.3 Å². The van der Waals surface area contributed by atoms with Crippen molar-refractivity contribution in [1.82, 2.24) is 19.2 Å². The standard InChI is InChI=1S/C20H22Cl2N4O2/c1-20(2,28)19(27)26-8-6-15-12(10-26)16-11(14-5-7-24(3)23-14)9-13(21)17(22)18(16)25(15)4/h5,7,9,28H,6,8,10H2,1-4H3. The van der Waals surface area contributed by atoms with E-state index in [-0.39, 0.29) is 5.91 Å². The van der Waals surface area contributed by atoms with Gasteiger partial charge < -0.3 is 14.6 Å². The van der Waals surface area contributed by atoms with E-state index < -0.39 is 5.60 Å². The number of aromatic nitrogens is 3. The van der Waals surface area contributed by atoms with Gasteiger partial charge in [0.15, 0.2) is 0 Å². The van der Waals surface area contributed by atoms with Gasteiger partial charge in [0.2, 0.25) is 0 Å². The molecular formula is C20H22Cl2N4O2. The Morgan fingerprint density at radius 3 is 2.61 bits per heavy atom. The lowest BCUT2D eigenvalue weighted by Crippen LogP contribution is -2.47. The molecule has 1 aliphatic heterocycles.